The molecule has 0 bridgehead atoms. The highest BCUT2D eigenvalue weighted by atomic mass is 31.2. The molecule has 6 atom stereocenters. The second-order valence-corrected chi connectivity index (χ2v) is 32.3. The summed E-state index contributed by atoms with van der Waals surface area (Å²) in [5.74, 6) is 0.983. The van der Waals surface area contributed by atoms with Gasteiger partial charge in [0.2, 0.25) is 0 Å². The van der Waals surface area contributed by atoms with Crippen molar-refractivity contribution >= 4 is 39.5 Å². The van der Waals surface area contributed by atoms with Crippen molar-refractivity contribution in [1.82, 2.24) is 0 Å². The first-order valence-electron chi connectivity index (χ1n) is 39.7. The van der Waals surface area contributed by atoms with E-state index < -0.39 is 97.5 Å². The van der Waals surface area contributed by atoms with Gasteiger partial charge in [-0.05, 0) is 49.4 Å². The fourth-order valence-corrected chi connectivity index (χ4v) is 13.3. The van der Waals surface area contributed by atoms with Crippen LogP contribution in [0.2, 0.25) is 0 Å². The summed E-state index contributed by atoms with van der Waals surface area (Å²) in [6.45, 7) is 14.2. The Labute approximate surface area is 588 Å². The normalized spacial score (nSPS) is 14.4. The summed E-state index contributed by atoms with van der Waals surface area (Å²) >= 11 is 0. The van der Waals surface area contributed by atoms with E-state index in [1.165, 1.54) is 193 Å². The molecule has 0 radical (unpaired) electrons. The van der Waals surface area contributed by atoms with E-state index in [4.69, 9.17) is 37.0 Å². The lowest BCUT2D eigenvalue weighted by Crippen LogP contribution is -2.30. The molecule has 0 aromatic carbocycles. The van der Waals surface area contributed by atoms with Crippen molar-refractivity contribution in [3.8, 4) is 0 Å². The van der Waals surface area contributed by atoms with E-state index >= 15 is 0 Å². The first kappa shape index (κ1) is 94.1. The Bertz CT molecular complexity index is 1890. The third-order valence-corrected chi connectivity index (χ3v) is 20.1. The molecule has 0 heterocycles. The average molecular weight is 1410 g/mol. The number of aliphatic hydroxyl groups excluding tert-OH is 1. The zero-order valence-corrected chi connectivity index (χ0v) is 64.8. The Morgan fingerprint density at radius 1 is 0.292 bits per heavy atom. The Balaban J connectivity index is 5.28. The predicted molar refractivity (Wildman–Crippen MR) is 391 cm³/mol. The van der Waals surface area contributed by atoms with Gasteiger partial charge in [0.25, 0.3) is 0 Å². The summed E-state index contributed by atoms with van der Waals surface area (Å²) in [4.78, 5) is 72.9. The van der Waals surface area contributed by atoms with Gasteiger partial charge in [-0.15, -0.1) is 0 Å². The summed E-state index contributed by atoms with van der Waals surface area (Å²) in [6.07, 6.45) is 51.2. The van der Waals surface area contributed by atoms with Crippen LogP contribution in [0, 0.1) is 23.7 Å². The molecule has 0 saturated heterocycles. The molecule has 0 aromatic heterocycles. The number of hydrogen-bond donors (Lipinski definition) is 3. The van der Waals surface area contributed by atoms with Crippen LogP contribution in [-0.2, 0) is 65.4 Å². The topological polar surface area (TPSA) is 237 Å². The van der Waals surface area contributed by atoms with Crippen molar-refractivity contribution in [2.24, 2.45) is 23.7 Å². The van der Waals surface area contributed by atoms with Crippen LogP contribution in [-0.4, -0.2) is 96.7 Å². The van der Waals surface area contributed by atoms with E-state index in [9.17, 15) is 43.2 Å². The van der Waals surface area contributed by atoms with Gasteiger partial charge >= 0.3 is 39.5 Å². The molecule has 19 heteroatoms. The van der Waals surface area contributed by atoms with Crippen LogP contribution < -0.4 is 0 Å². The van der Waals surface area contributed by atoms with Gasteiger partial charge in [0.15, 0.2) is 12.2 Å². The van der Waals surface area contributed by atoms with Crippen molar-refractivity contribution in [2.75, 3.05) is 39.6 Å². The van der Waals surface area contributed by atoms with Crippen LogP contribution in [0.25, 0.3) is 0 Å². The van der Waals surface area contributed by atoms with E-state index in [2.05, 4.69) is 55.4 Å². The zero-order valence-electron chi connectivity index (χ0n) is 63.0. The van der Waals surface area contributed by atoms with E-state index in [-0.39, 0.29) is 25.7 Å². The quantitative estimate of drug-likeness (QED) is 0.0222. The molecule has 96 heavy (non-hydrogen) atoms. The molecule has 17 nitrogen and oxygen atoms in total. The molecule has 0 spiro atoms. The molecule has 0 aliphatic heterocycles. The largest absolute Gasteiger partial charge is 0.472 e. The molecule has 0 fully saturated rings. The third kappa shape index (κ3) is 69.2. The van der Waals surface area contributed by atoms with Gasteiger partial charge in [-0.25, -0.2) is 9.13 Å². The van der Waals surface area contributed by atoms with Crippen LogP contribution in [0.4, 0.5) is 0 Å². The Morgan fingerprint density at radius 3 is 0.740 bits per heavy atom. The number of hydrogen-bond acceptors (Lipinski definition) is 15. The van der Waals surface area contributed by atoms with Crippen LogP contribution in [0.15, 0.2) is 0 Å². The standard InChI is InChI=1S/C77H150O17P2/c1-9-70(8)56-48-40-32-27-28-34-42-50-58-75(80)88-64-73(94-77(82)60-52-44-36-26-20-14-17-23-31-39-47-55-69(6)7)66-92-96(85,86)90-62-71(78)61-89-95(83,84)91-65-72(93-76(81)59-51-43-35-25-19-13-11-16-22-30-38-46-54-68(4)5)63-87-74(79)57-49-41-33-24-18-12-10-15-21-29-37-45-53-67(2)3/h67-73,78H,9-66H2,1-8H3,(H,83,84)(H,85,86)/t70?,71-,72-,73-/m1/s1. The SMILES string of the molecule is CCC(C)CCCCCCCCCCC(=O)OC[C@H](COP(=O)(O)OC[C@H](O)COP(=O)(O)OC[C@@H](COC(=O)CCCCCCCCCCCCCCC(C)C)OC(=O)CCCCCCCCCCCCCCC(C)C)OC(=O)CCCCCCCCCCCCCC(C)C. The van der Waals surface area contributed by atoms with Crippen molar-refractivity contribution < 1.29 is 80.2 Å². The lowest BCUT2D eigenvalue weighted by molar-refractivity contribution is -0.161. The van der Waals surface area contributed by atoms with E-state index in [0.29, 0.717) is 25.7 Å². The number of unbranched alkanes of at least 4 members (excludes halogenated alkanes) is 39. The smallest absolute Gasteiger partial charge is 0.462 e. The predicted octanol–water partition coefficient (Wildman–Crippen LogP) is 22.4. The van der Waals surface area contributed by atoms with Gasteiger partial charge in [0.1, 0.15) is 19.3 Å². The number of aliphatic hydroxyl groups is 1. The summed E-state index contributed by atoms with van der Waals surface area (Å²) in [7, 11) is -9.92. The number of phosphoric ester groups is 2. The molecule has 3 unspecified atom stereocenters. The Hall–Kier alpha value is -1.94. The molecule has 0 rings (SSSR count). The van der Waals surface area contributed by atoms with Crippen molar-refractivity contribution in [2.45, 2.75) is 408 Å². The third-order valence-electron chi connectivity index (χ3n) is 18.2. The number of esters is 4. The Kier molecular flexibility index (Phi) is 65.0. The summed E-state index contributed by atoms with van der Waals surface area (Å²) in [5, 5.41) is 10.6. The van der Waals surface area contributed by atoms with Crippen molar-refractivity contribution in [3.05, 3.63) is 0 Å². The minimum atomic E-state index is -4.96. The summed E-state index contributed by atoms with van der Waals surface area (Å²) < 4.78 is 68.6. The highest BCUT2D eigenvalue weighted by molar-refractivity contribution is 7.47. The van der Waals surface area contributed by atoms with Crippen molar-refractivity contribution in [3.63, 3.8) is 0 Å². The average Bonchev–Trinajstić information content (AvgIpc) is 1.37. The Morgan fingerprint density at radius 2 is 0.500 bits per heavy atom. The fourth-order valence-electron chi connectivity index (χ4n) is 11.7. The zero-order chi connectivity index (χ0) is 71.0. The van der Waals surface area contributed by atoms with Gasteiger partial charge < -0.3 is 33.8 Å². The van der Waals surface area contributed by atoms with Crippen molar-refractivity contribution in [1.29, 1.82) is 0 Å². The van der Waals surface area contributed by atoms with Gasteiger partial charge in [0, 0.05) is 25.7 Å². The minimum Gasteiger partial charge on any atom is -0.462 e. The van der Waals surface area contributed by atoms with Crippen LogP contribution in [0.1, 0.15) is 389 Å². The number of ether oxygens (including phenoxy) is 4. The molecule has 0 saturated carbocycles. The molecule has 570 valence electrons. The highest BCUT2D eigenvalue weighted by Gasteiger charge is 2.30. The molecule has 0 aliphatic rings. The highest BCUT2D eigenvalue weighted by Crippen LogP contribution is 2.45. The second-order valence-electron chi connectivity index (χ2n) is 29.4. The molecule has 0 aromatic rings. The minimum absolute atomic E-state index is 0.106. The monoisotopic (exact) mass is 1410 g/mol. The fraction of sp³-hybridized carbons (Fsp3) is 0.948. The second kappa shape index (κ2) is 66.3. The maximum absolute atomic E-state index is 13.1. The maximum Gasteiger partial charge on any atom is 0.472 e. The lowest BCUT2D eigenvalue weighted by atomic mass is 9.99. The molecule has 3 N–H and O–H groups in total. The van der Waals surface area contributed by atoms with Crippen LogP contribution in [0.5, 0.6) is 0 Å². The molecular weight excluding hydrogens is 1260 g/mol. The lowest BCUT2D eigenvalue weighted by Gasteiger charge is -2.21. The van der Waals surface area contributed by atoms with Gasteiger partial charge in [-0.1, -0.05) is 338 Å². The first-order chi connectivity index (χ1) is 46.1. The number of carbonyl (C=O) groups is 4. The first-order valence-corrected chi connectivity index (χ1v) is 42.7. The molecule has 0 aliphatic carbocycles. The van der Waals surface area contributed by atoms with Crippen LogP contribution >= 0.6 is 15.6 Å². The van der Waals surface area contributed by atoms with E-state index in [1.54, 1.807) is 0 Å². The van der Waals surface area contributed by atoms with Gasteiger partial charge in [-0.2, -0.15) is 0 Å². The molecule has 0 amide bonds. The van der Waals surface area contributed by atoms with E-state index in [1.807, 2.05) is 0 Å². The number of rotatable bonds is 74. The van der Waals surface area contributed by atoms with Crippen LogP contribution in [0.3, 0.4) is 0 Å². The van der Waals surface area contributed by atoms with E-state index in [0.717, 1.165) is 114 Å². The number of phosphoric acid groups is 2. The van der Waals surface area contributed by atoms with Gasteiger partial charge in [-0.3, -0.25) is 37.3 Å². The molecular formula is C77H150O17P2. The summed E-state index contributed by atoms with van der Waals surface area (Å²) in [6, 6.07) is 0. The van der Waals surface area contributed by atoms with Gasteiger partial charge in [0.05, 0.1) is 26.4 Å². The number of carbonyl (C=O) groups excluding carboxylic acids is 4. The maximum atomic E-state index is 13.1. The summed E-state index contributed by atoms with van der Waals surface area (Å²) in [5.41, 5.74) is 0.